The Bertz CT molecular complexity index is 560. The molecule has 1 N–H and O–H groups in total. The number of ether oxygens (including phenoxy) is 1. The lowest BCUT2D eigenvalue weighted by Gasteiger charge is -2.48. The molecule has 1 aromatic heterocycles. The number of rotatable bonds is 2. The second-order valence-corrected chi connectivity index (χ2v) is 7.60. The minimum Gasteiger partial charge on any atom is -0.444 e. The first kappa shape index (κ1) is 15.4. The van der Waals surface area contributed by atoms with E-state index in [2.05, 4.69) is 35.3 Å². The predicted octanol–water partition coefficient (Wildman–Crippen LogP) is 2.78. The molecular formula is C17H27N3O2. The molecule has 1 spiro atoms. The summed E-state index contributed by atoms with van der Waals surface area (Å²) in [7, 11) is 0. The fraction of sp³-hybridized carbons (Fsp3) is 0.706. The second-order valence-electron chi connectivity index (χ2n) is 7.60. The Morgan fingerprint density at radius 2 is 2.27 bits per heavy atom. The van der Waals surface area contributed by atoms with Crippen molar-refractivity contribution in [2.45, 2.75) is 52.3 Å². The summed E-state index contributed by atoms with van der Waals surface area (Å²) in [4.78, 5) is 14.1. The summed E-state index contributed by atoms with van der Waals surface area (Å²) >= 11 is 0. The van der Waals surface area contributed by atoms with Gasteiger partial charge < -0.3 is 19.5 Å². The zero-order valence-electron chi connectivity index (χ0n) is 14.1. The van der Waals surface area contributed by atoms with E-state index in [1.165, 1.54) is 5.56 Å². The van der Waals surface area contributed by atoms with Crippen molar-refractivity contribution in [3.05, 3.63) is 24.0 Å². The molecule has 0 saturated carbocycles. The third-order valence-corrected chi connectivity index (χ3v) is 4.78. The largest absolute Gasteiger partial charge is 0.444 e. The maximum atomic E-state index is 12.3. The van der Waals surface area contributed by atoms with Gasteiger partial charge in [0, 0.05) is 50.0 Å². The highest BCUT2D eigenvalue weighted by molar-refractivity contribution is 5.68. The van der Waals surface area contributed by atoms with Crippen LogP contribution in [0.15, 0.2) is 18.5 Å². The van der Waals surface area contributed by atoms with E-state index in [4.69, 9.17) is 4.74 Å². The Hall–Kier alpha value is -1.49. The summed E-state index contributed by atoms with van der Waals surface area (Å²) in [6.45, 7) is 11.4. The Morgan fingerprint density at radius 1 is 1.50 bits per heavy atom. The van der Waals surface area contributed by atoms with Crippen LogP contribution in [0.2, 0.25) is 0 Å². The molecule has 5 nitrogen and oxygen atoms in total. The average molecular weight is 305 g/mol. The van der Waals surface area contributed by atoms with Crippen LogP contribution in [-0.4, -0.2) is 40.8 Å². The number of carbonyl (C=O) groups excluding carboxylic acids is 1. The van der Waals surface area contributed by atoms with Crippen LogP contribution in [0.4, 0.5) is 4.79 Å². The Balaban J connectivity index is 1.67. The maximum Gasteiger partial charge on any atom is 0.410 e. The number of aromatic nitrogens is 1. The maximum absolute atomic E-state index is 12.3. The van der Waals surface area contributed by atoms with Gasteiger partial charge in [-0.05, 0) is 45.7 Å². The molecule has 2 aliphatic rings. The molecule has 2 fully saturated rings. The lowest BCUT2D eigenvalue weighted by atomic mass is 9.70. The van der Waals surface area contributed by atoms with Gasteiger partial charge in [-0.2, -0.15) is 0 Å². The van der Waals surface area contributed by atoms with Gasteiger partial charge in [-0.25, -0.2) is 4.79 Å². The third kappa shape index (κ3) is 2.74. The van der Waals surface area contributed by atoms with Gasteiger partial charge in [-0.15, -0.1) is 0 Å². The quantitative estimate of drug-likeness (QED) is 0.914. The number of hydrogen-bond acceptors (Lipinski definition) is 3. The van der Waals surface area contributed by atoms with E-state index in [-0.39, 0.29) is 11.5 Å². The van der Waals surface area contributed by atoms with E-state index in [1.54, 1.807) is 0 Å². The fourth-order valence-corrected chi connectivity index (χ4v) is 3.55. The van der Waals surface area contributed by atoms with Crippen molar-refractivity contribution in [1.82, 2.24) is 14.8 Å². The minimum absolute atomic E-state index is 0.177. The number of likely N-dealkylation sites (tertiary alicyclic amines) is 1. The second kappa shape index (κ2) is 5.30. The number of nitrogens with one attached hydrogen (secondary N) is 1. The number of carbonyl (C=O) groups is 1. The lowest BCUT2D eigenvalue weighted by molar-refractivity contribution is 0.0216. The lowest BCUT2D eigenvalue weighted by Crippen LogP contribution is -2.57. The zero-order chi connectivity index (χ0) is 16.0. The van der Waals surface area contributed by atoms with Crippen molar-refractivity contribution < 1.29 is 9.53 Å². The summed E-state index contributed by atoms with van der Waals surface area (Å²) in [5.41, 5.74) is 1.08. The molecule has 2 saturated heterocycles. The fourth-order valence-electron chi connectivity index (χ4n) is 3.55. The van der Waals surface area contributed by atoms with Crippen molar-refractivity contribution in [1.29, 1.82) is 0 Å². The van der Waals surface area contributed by atoms with Crippen LogP contribution < -0.4 is 5.32 Å². The molecule has 3 rings (SSSR count). The molecule has 5 heteroatoms. The topological polar surface area (TPSA) is 46.5 Å². The zero-order valence-corrected chi connectivity index (χ0v) is 14.1. The van der Waals surface area contributed by atoms with Crippen molar-refractivity contribution in [3.63, 3.8) is 0 Å². The first-order valence-corrected chi connectivity index (χ1v) is 8.20. The molecule has 122 valence electrons. The van der Waals surface area contributed by atoms with Crippen molar-refractivity contribution in [3.8, 4) is 0 Å². The van der Waals surface area contributed by atoms with Gasteiger partial charge in [-0.3, -0.25) is 0 Å². The summed E-state index contributed by atoms with van der Waals surface area (Å²) in [5, 5.41) is 3.55. The average Bonchev–Trinajstić information content (AvgIpc) is 3.03. The van der Waals surface area contributed by atoms with Gasteiger partial charge >= 0.3 is 6.09 Å². The van der Waals surface area contributed by atoms with Crippen LogP contribution in [0.5, 0.6) is 0 Å². The van der Waals surface area contributed by atoms with E-state index in [0.717, 1.165) is 32.6 Å². The summed E-state index contributed by atoms with van der Waals surface area (Å²) in [6.07, 6.45) is 5.21. The monoisotopic (exact) mass is 305 g/mol. The van der Waals surface area contributed by atoms with Crippen LogP contribution in [0.1, 0.15) is 45.7 Å². The molecule has 1 amide bonds. The molecular weight excluding hydrogens is 278 g/mol. The predicted molar refractivity (Wildman–Crippen MR) is 85.7 cm³/mol. The van der Waals surface area contributed by atoms with Gasteiger partial charge in [0.05, 0.1) is 0 Å². The minimum atomic E-state index is -0.428. The molecule has 0 bridgehead atoms. The van der Waals surface area contributed by atoms with Gasteiger partial charge in [0.2, 0.25) is 0 Å². The smallest absolute Gasteiger partial charge is 0.410 e. The van der Waals surface area contributed by atoms with Crippen LogP contribution in [0, 0.1) is 5.41 Å². The number of hydrogen-bond donors (Lipinski definition) is 1. The van der Waals surface area contributed by atoms with Crippen LogP contribution in [-0.2, 0) is 11.3 Å². The molecule has 0 aliphatic carbocycles. The van der Waals surface area contributed by atoms with Crippen molar-refractivity contribution in [2.75, 3.05) is 19.6 Å². The summed E-state index contributed by atoms with van der Waals surface area (Å²) < 4.78 is 7.71. The number of aryl methyl sites for hydroxylation is 1. The van der Waals surface area contributed by atoms with E-state index >= 15 is 0 Å². The highest BCUT2D eigenvalue weighted by atomic mass is 16.6. The highest BCUT2D eigenvalue weighted by Gasteiger charge is 2.52. The van der Waals surface area contributed by atoms with Gasteiger partial charge in [0.25, 0.3) is 0 Å². The third-order valence-electron chi connectivity index (χ3n) is 4.78. The number of amides is 1. The van der Waals surface area contributed by atoms with Crippen molar-refractivity contribution >= 4 is 6.09 Å². The summed E-state index contributed by atoms with van der Waals surface area (Å²) in [6, 6.07) is 2.55. The van der Waals surface area contributed by atoms with Crippen LogP contribution >= 0.6 is 0 Å². The summed E-state index contributed by atoms with van der Waals surface area (Å²) in [5.74, 6) is 0. The first-order chi connectivity index (χ1) is 10.3. The number of nitrogens with zero attached hydrogens (tertiary/aromatic N) is 2. The molecule has 0 unspecified atom stereocenters. The normalized spacial score (nSPS) is 28.0. The molecule has 3 heterocycles. The van der Waals surface area contributed by atoms with E-state index in [9.17, 15) is 4.79 Å². The Kier molecular flexibility index (Phi) is 3.71. The van der Waals surface area contributed by atoms with Crippen LogP contribution in [0.3, 0.4) is 0 Å². The van der Waals surface area contributed by atoms with Crippen molar-refractivity contribution in [2.24, 2.45) is 5.41 Å². The molecule has 0 aromatic carbocycles. The van der Waals surface area contributed by atoms with Gasteiger partial charge in [-0.1, -0.05) is 0 Å². The van der Waals surface area contributed by atoms with E-state index < -0.39 is 5.60 Å². The Morgan fingerprint density at radius 3 is 2.82 bits per heavy atom. The molecule has 2 atom stereocenters. The standard InChI is InChI=1S/C17H27N3O2/c1-5-19-8-6-13(10-19)14-17(11-18-14)7-9-20(12-17)15(21)22-16(2,3)4/h6,8,10,14,18H,5,7,9,11-12H2,1-4H3/t14-,17+/m1/s1. The SMILES string of the molecule is CCn1ccc([C@H]2NC[C@]23CCN(C(=O)OC(C)(C)C)C3)c1. The first-order valence-electron chi connectivity index (χ1n) is 8.20. The molecule has 22 heavy (non-hydrogen) atoms. The van der Waals surface area contributed by atoms with Gasteiger partial charge in [0.15, 0.2) is 0 Å². The highest BCUT2D eigenvalue weighted by Crippen LogP contribution is 2.48. The van der Waals surface area contributed by atoms with E-state index in [1.807, 2.05) is 25.7 Å². The van der Waals surface area contributed by atoms with E-state index in [0.29, 0.717) is 6.04 Å². The van der Waals surface area contributed by atoms with Crippen LogP contribution in [0.25, 0.3) is 0 Å². The Labute approximate surface area is 132 Å². The molecule has 2 aliphatic heterocycles. The molecule has 0 radical (unpaired) electrons. The van der Waals surface area contributed by atoms with Gasteiger partial charge in [0.1, 0.15) is 5.60 Å². The molecule has 1 aromatic rings.